The molecule has 4 heteroatoms. The zero-order chi connectivity index (χ0) is 13.3. The van der Waals surface area contributed by atoms with Crippen LogP contribution < -0.4 is 11.5 Å². The normalized spacial score (nSPS) is 10.5. The monoisotopic (exact) mass is 244 g/mol. The van der Waals surface area contributed by atoms with Crippen molar-refractivity contribution in [3.8, 4) is 11.5 Å². The lowest BCUT2D eigenvalue weighted by atomic mass is 10.00. The molecule has 2 aromatic rings. The highest BCUT2D eigenvalue weighted by atomic mass is 16.3. The lowest BCUT2D eigenvalue weighted by Crippen LogP contribution is -1.96. The fraction of sp³-hybridized carbons (Fsp3) is 0.143. The van der Waals surface area contributed by atoms with Crippen molar-refractivity contribution in [1.82, 2.24) is 0 Å². The SMILES string of the molecule is Cc1c(N)ccc(Cc2ccc(N)cc2O)c1O. The van der Waals surface area contributed by atoms with Gasteiger partial charge in [0.05, 0.1) is 0 Å². The van der Waals surface area contributed by atoms with Crippen molar-refractivity contribution in [2.75, 3.05) is 11.5 Å². The summed E-state index contributed by atoms with van der Waals surface area (Å²) in [7, 11) is 0. The van der Waals surface area contributed by atoms with Crippen molar-refractivity contribution in [3.63, 3.8) is 0 Å². The minimum Gasteiger partial charge on any atom is -0.508 e. The Kier molecular flexibility index (Phi) is 3.02. The maximum Gasteiger partial charge on any atom is 0.124 e. The summed E-state index contributed by atoms with van der Waals surface area (Å²) in [6, 6.07) is 8.47. The van der Waals surface area contributed by atoms with Crippen molar-refractivity contribution >= 4 is 11.4 Å². The van der Waals surface area contributed by atoms with Gasteiger partial charge in [-0.05, 0) is 30.2 Å². The highest BCUT2D eigenvalue weighted by molar-refractivity contribution is 5.58. The number of anilines is 2. The minimum atomic E-state index is 0.129. The van der Waals surface area contributed by atoms with Crippen LogP contribution in [0.4, 0.5) is 11.4 Å². The summed E-state index contributed by atoms with van der Waals surface area (Å²) in [4.78, 5) is 0. The molecule has 0 aliphatic rings. The van der Waals surface area contributed by atoms with E-state index in [9.17, 15) is 10.2 Å². The Bertz CT molecular complexity index is 595. The molecule has 0 aromatic heterocycles. The van der Waals surface area contributed by atoms with Gasteiger partial charge in [-0.15, -0.1) is 0 Å². The molecule has 6 N–H and O–H groups in total. The van der Waals surface area contributed by atoms with Crippen molar-refractivity contribution in [2.24, 2.45) is 0 Å². The van der Waals surface area contributed by atoms with Crippen LogP contribution in [0.15, 0.2) is 30.3 Å². The number of nitrogen functional groups attached to an aromatic ring is 2. The van der Waals surface area contributed by atoms with Crippen LogP contribution in [0.5, 0.6) is 11.5 Å². The van der Waals surface area contributed by atoms with Crippen LogP contribution in [-0.4, -0.2) is 10.2 Å². The Morgan fingerprint density at radius 2 is 1.67 bits per heavy atom. The zero-order valence-corrected chi connectivity index (χ0v) is 10.1. The van der Waals surface area contributed by atoms with Crippen LogP contribution in [0, 0.1) is 6.92 Å². The van der Waals surface area contributed by atoms with Crippen LogP contribution >= 0.6 is 0 Å². The predicted molar refractivity (Wildman–Crippen MR) is 72.6 cm³/mol. The highest BCUT2D eigenvalue weighted by Gasteiger charge is 2.10. The number of nitrogens with two attached hydrogens (primary N) is 2. The molecule has 0 bridgehead atoms. The summed E-state index contributed by atoms with van der Waals surface area (Å²) in [5.74, 6) is 0.301. The van der Waals surface area contributed by atoms with Gasteiger partial charge in [-0.1, -0.05) is 12.1 Å². The third-order valence-corrected chi connectivity index (χ3v) is 3.05. The van der Waals surface area contributed by atoms with Gasteiger partial charge in [0, 0.05) is 29.4 Å². The number of benzene rings is 2. The molecule has 0 radical (unpaired) electrons. The summed E-state index contributed by atoms with van der Waals surface area (Å²) in [6.07, 6.45) is 0.430. The number of aromatic hydroxyl groups is 2. The molecule has 0 amide bonds. The van der Waals surface area contributed by atoms with E-state index in [1.54, 1.807) is 31.2 Å². The van der Waals surface area contributed by atoms with Crippen molar-refractivity contribution in [1.29, 1.82) is 0 Å². The first kappa shape index (κ1) is 12.1. The molecule has 0 atom stereocenters. The van der Waals surface area contributed by atoms with E-state index >= 15 is 0 Å². The average Bonchev–Trinajstić information content (AvgIpc) is 2.33. The van der Waals surface area contributed by atoms with Crippen LogP contribution in [-0.2, 0) is 6.42 Å². The van der Waals surface area contributed by atoms with E-state index in [0.717, 1.165) is 5.56 Å². The van der Waals surface area contributed by atoms with E-state index in [-0.39, 0.29) is 11.5 Å². The van der Waals surface area contributed by atoms with E-state index in [0.29, 0.717) is 28.9 Å². The van der Waals surface area contributed by atoms with E-state index in [1.165, 1.54) is 6.07 Å². The summed E-state index contributed by atoms with van der Waals surface area (Å²) < 4.78 is 0. The van der Waals surface area contributed by atoms with Gasteiger partial charge in [0.2, 0.25) is 0 Å². The van der Waals surface area contributed by atoms with Crippen LogP contribution in [0.3, 0.4) is 0 Å². The minimum absolute atomic E-state index is 0.129. The van der Waals surface area contributed by atoms with Gasteiger partial charge in [0.15, 0.2) is 0 Å². The second kappa shape index (κ2) is 4.49. The van der Waals surface area contributed by atoms with Crippen LogP contribution in [0.25, 0.3) is 0 Å². The number of hydrogen-bond donors (Lipinski definition) is 4. The molecule has 94 valence electrons. The van der Waals surface area contributed by atoms with Crippen molar-refractivity contribution in [3.05, 3.63) is 47.0 Å². The molecule has 2 rings (SSSR count). The quantitative estimate of drug-likeness (QED) is 0.609. The van der Waals surface area contributed by atoms with Gasteiger partial charge in [0.1, 0.15) is 11.5 Å². The smallest absolute Gasteiger partial charge is 0.124 e. The standard InChI is InChI=1S/C14H16N2O2/c1-8-12(16)5-3-10(14(8)18)6-9-2-4-11(15)7-13(9)17/h2-5,7,17-18H,6,15-16H2,1H3. The first-order chi connectivity index (χ1) is 8.49. The molecule has 0 heterocycles. The fourth-order valence-corrected chi connectivity index (χ4v) is 1.85. The molecule has 0 spiro atoms. The summed E-state index contributed by atoms with van der Waals surface area (Å²) >= 11 is 0. The molecular formula is C14H16N2O2. The first-order valence-corrected chi connectivity index (χ1v) is 5.63. The lowest BCUT2D eigenvalue weighted by molar-refractivity contribution is 0.461. The van der Waals surface area contributed by atoms with Gasteiger partial charge in [-0.3, -0.25) is 0 Å². The third kappa shape index (κ3) is 2.18. The highest BCUT2D eigenvalue weighted by Crippen LogP contribution is 2.31. The summed E-state index contributed by atoms with van der Waals surface area (Å²) in [5, 5.41) is 19.8. The van der Waals surface area contributed by atoms with E-state index in [4.69, 9.17) is 11.5 Å². The number of rotatable bonds is 2. The van der Waals surface area contributed by atoms with Gasteiger partial charge in [-0.25, -0.2) is 0 Å². The van der Waals surface area contributed by atoms with E-state index in [1.807, 2.05) is 0 Å². The van der Waals surface area contributed by atoms with E-state index < -0.39 is 0 Å². The molecule has 0 aliphatic heterocycles. The first-order valence-electron chi connectivity index (χ1n) is 5.63. The number of phenolic OH excluding ortho intramolecular Hbond substituents is 2. The Hall–Kier alpha value is -2.36. The Morgan fingerprint density at radius 3 is 2.33 bits per heavy atom. The fourth-order valence-electron chi connectivity index (χ4n) is 1.85. The van der Waals surface area contributed by atoms with Gasteiger partial charge in [-0.2, -0.15) is 0 Å². The van der Waals surface area contributed by atoms with Crippen LogP contribution in [0.2, 0.25) is 0 Å². The average molecular weight is 244 g/mol. The van der Waals surface area contributed by atoms with Gasteiger partial charge >= 0.3 is 0 Å². The zero-order valence-electron chi connectivity index (χ0n) is 10.1. The second-order valence-corrected chi connectivity index (χ2v) is 4.35. The molecular weight excluding hydrogens is 228 g/mol. The second-order valence-electron chi connectivity index (χ2n) is 4.35. The Labute approximate surface area is 105 Å². The third-order valence-electron chi connectivity index (χ3n) is 3.05. The molecule has 0 saturated carbocycles. The maximum atomic E-state index is 10.00. The molecule has 4 nitrogen and oxygen atoms in total. The van der Waals surface area contributed by atoms with Gasteiger partial charge < -0.3 is 21.7 Å². The van der Waals surface area contributed by atoms with E-state index in [2.05, 4.69) is 0 Å². The molecule has 2 aromatic carbocycles. The summed E-state index contributed by atoms with van der Waals surface area (Å²) in [6.45, 7) is 1.76. The maximum absolute atomic E-state index is 10.00. The van der Waals surface area contributed by atoms with Crippen molar-refractivity contribution in [2.45, 2.75) is 13.3 Å². The molecule has 0 fully saturated rings. The Morgan fingerprint density at radius 1 is 1.00 bits per heavy atom. The lowest BCUT2D eigenvalue weighted by Gasteiger charge is -2.10. The topological polar surface area (TPSA) is 92.5 Å². The van der Waals surface area contributed by atoms with Crippen molar-refractivity contribution < 1.29 is 10.2 Å². The predicted octanol–water partition coefficient (Wildman–Crippen LogP) is 2.16. The largest absolute Gasteiger partial charge is 0.508 e. The molecule has 0 saturated heterocycles. The molecule has 0 unspecified atom stereocenters. The van der Waals surface area contributed by atoms with Gasteiger partial charge in [0.25, 0.3) is 0 Å². The Balaban J connectivity index is 2.37. The number of phenols is 2. The number of hydrogen-bond acceptors (Lipinski definition) is 4. The molecule has 18 heavy (non-hydrogen) atoms. The summed E-state index contributed by atoms with van der Waals surface area (Å²) in [5.41, 5.74) is 14.4. The molecule has 0 aliphatic carbocycles. The van der Waals surface area contributed by atoms with Crippen LogP contribution in [0.1, 0.15) is 16.7 Å².